The summed E-state index contributed by atoms with van der Waals surface area (Å²) >= 11 is 0. The van der Waals surface area contributed by atoms with Gasteiger partial charge in [0.2, 0.25) is 0 Å². The number of benzene rings is 8. The molecule has 1 aromatic heterocycles. The van der Waals surface area contributed by atoms with Gasteiger partial charge in [0.25, 0.3) is 0 Å². The second kappa shape index (κ2) is 9.82. The molecular formula is C47H28N2. The van der Waals surface area contributed by atoms with E-state index >= 15 is 0 Å². The zero-order chi connectivity index (χ0) is 32.1. The summed E-state index contributed by atoms with van der Waals surface area (Å²) in [6.07, 6.45) is 0. The predicted molar refractivity (Wildman–Crippen MR) is 202 cm³/mol. The van der Waals surface area contributed by atoms with Gasteiger partial charge in [0, 0.05) is 16.5 Å². The van der Waals surface area contributed by atoms with Crippen molar-refractivity contribution >= 4 is 32.4 Å². The third-order valence-corrected chi connectivity index (χ3v) is 10.9. The number of hydrogen-bond donors (Lipinski definition) is 0. The van der Waals surface area contributed by atoms with Crippen LogP contribution in [0.3, 0.4) is 0 Å². The lowest BCUT2D eigenvalue weighted by molar-refractivity contribution is 0.794. The van der Waals surface area contributed by atoms with Crippen molar-refractivity contribution in [3.8, 4) is 44.9 Å². The van der Waals surface area contributed by atoms with Gasteiger partial charge in [0.1, 0.15) is 0 Å². The van der Waals surface area contributed by atoms with Crippen molar-refractivity contribution in [2.45, 2.75) is 5.41 Å². The Kier molecular flexibility index (Phi) is 5.34. The van der Waals surface area contributed by atoms with Gasteiger partial charge >= 0.3 is 0 Å². The van der Waals surface area contributed by atoms with E-state index in [1.807, 2.05) is 0 Å². The van der Waals surface area contributed by atoms with Crippen LogP contribution in [0, 0.1) is 0 Å². The summed E-state index contributed by atoms with van der Waals surface area (Å²) in [5, 5.41) is 6.02. The molecule has 0 aliphatic heterocycles. The molecule has 2 aliphatic rings. The molecule has 11 rings (SSSR count). The fraction of sp³-hybridized carbons (Fsp3) is 0.0213. The molecule has 0 radical (unpaired) electrons. The largest absolute Gasteiger partial charge is 0.228 e. The number of rotatable bonds is 2. The van der Waals surface area contributed by atoms with Crippen molar-refractivity contribution in [2.24, 2.45) is 0 Å². The number of fused-ring (bicyclic) bond motifs is 14. The fourth-order valence-electron chi connectivity index (χ4n) is 8.91. The molecule has 1 spiro atoms. The van der Waals surface area contributed by atoms with Gasteiger partial charge in [-0.2, -0.15) is 0 Å². The first kappa shape index (κ1) is 26.7. The van der Waals surface area contributed by atoms with Crippen molar-refractivity contribution in [3.63, 3.8) is 0 Å². The molecular weight excluding hydrogens is 593 g/mol. The van der Waals surface area contributed by atoms with E-state index in [0.717, 1.165) is 33.5 Å². The van der Waals surface area contributed by atoms with Crippen LogP contribution < -0.4 is 0 Å². The molecule has 2 nitrogen and oxygen atoms in total. The lowest BCUT2D eigenvalue weighted by atomic mass is 9.70. The Morgan fingerprint density at radius 1 is 0.367 bits per heavy atom. The van der Waals surface area contributed by atoms with Crippen LogP contribution in [0.2, 0.25) is 0 Å². The first-order valence-corrected chi connectivity index (χ1v) is 16.9. The maximum atomic E-state index is 5.45. The Balaban J connectivity index is 1.19. The Morgan fingerprint density at radius 3 is 1.73 bits per heavy atom. The number of para-hydroxylation sites is 1. The van der Waals surface area contributed by atoms with Crippen molar-refractivity contribution in [1.82, 2.24) is 9.97 Å². The zero-order valence-electron chi connectivity index (χ0n) is 26.6. The minimum absolute atomic E-state index is 0.407. The average Bonchev–Trinajstić information content (AvgIpc) is 3.65. The average molecular weight is 621 g/mol. The van der Waals surface area contributed by atoms with Crippen LogP contribution in [0.25, 0.3) is 77.3 Å². The number of nitrogens with zero attached hydrogens (tertiary/aromatic N) is 2. The highest BCUT2D eigenvalue weighted by molar-refractivity contribution is 6.09. The normalized spacial score (nSPS) is 13.5. The topological polar surface area (TPSA) is 25.8 Å². The predicted octanol–water partition coefficient (Wildman–Crippen LogP) is 11.6. The van der Waals surface area contributed by atoms with Crippen molar-refractivity contribution in [3.05, 3.63) is 192 Å². The molecule has 0 saturated heterocycles. The summed E-state index contributed by atoms with van der Waals surface area (Å²) in [6.45, 7) is 0. The first-order valence-electron chi connectivity index (χ1n) is 16.9. The zero-order valence-corrected chi connectivity index (χ0v) is 26.6. The lowest BCUT2D eigenvalue weighted by Gasteiger charge is -2.30. The van der Waals surface area contributed by atoms with Gasteiger partial charge in [-0.1, -0.05) is 158 Å². The molecule has 2 heteroatoms. The van der Waals surface area contributed by atoms with E-state index in [1.54, 1.807) is 0 Å². The van der Waals surface area contributed by atoms with E-state index in [2.05, 4.69) is 170 Å². The van der Waals surface area contributed by atoms with E-state index in [9.17, 15) is 0 Å². The summed E-state index contributed by atoms with van der Waals surface area (Å²) in [5.74, 6) is 0.746. The minimum Gasteiger partial charge on any atom is -0.228 e. The molecule has 49 heavy (non-hydrogen) atoms. The second-order valence-corrected chi connectivity index (χ2v) is 13.3. The van der Waals surface area contributed by atoms with E-state index in [1.165, 1.54) is 66.1 Å². The van der Waals surface area contributed by atoms with E-state index in [4.69, 9.17) is 9.97 Å². The van der Waals surface area contributed by atoms with Gasteiger partial charge in [-0.15, -0.1) is 0 Å². The van der Waals surface area contributed by atoms with E-state index < -0.39 is 5.41 Å². The molecule has 1 heterocycles. The summed E-state index contributed by atoms with van der Waals surface area (Å²) in [5.41, 5.74) is 14.0. The van der Waals surface area contributed by atoms with Crippen LogP contribution in [0.5, 0.6) is 0 Å². The number of hydrogen-bond acceptors (Lipinski definition) is 2. The number of aromatic nitrogens is 2. The third kappa shape index (κ3) is 3.50. The smallest absolute Gasteiger partial charge is 0.161 e. The highest BCUT2D eigenvalue weighted by Crippen LogP contribution is 2.63. The summed E-state index contributed by atoms with van der Waals surface area (Å²) < 4.78 is 0. The molecule has 0 fully saturated rings. The van der Waals surface area contributed by atoms with Crippen molar-refractivity contribution in [1.29, 1.82) is 0 Å². The van der Waals surface area contributed by atoms with Crippen LogP contribution in [-0.2, 0) is 5.41 Å². The second-order valence-electron chi connectivity index (χ2n) is 13.3. The molecule has 0 N–H and O–H groups in total. The van der Waals surface area contributed by atoms with Gasteiger partial charge in [-0.05, 0) is 78.2 Å². The Bertz CT molecular complexity index is 2800. The maximum absolute atomic E-state index is 5.45. The van der Waals surface area contributed by atoms with Gasteiger partial charge in [0.15, 0.2) is 5.82 Å². The quantitative estimate of drug-likeness (QED) is 0.180. The highest BCUT2D eigenvalue weighted by atomic mass is 14.9. The molecule has 0 atom stereocenters. The Morgan fingerprint density at radius 2 is 0.939 bits per heavy atom. The monoisotopic (exact) mass is 620 g/mol. The molecule has 2 aliphatic carbocycles. The van der Waals surface area contributed by atoms with Crippen LogP contribution in [-0.4, -0.2) is 9.97 Å². The molecule has 0 amide bonds. The summed E-state index contributed by atoms with van der Waals surface area (Å²) in [7, 11) is 0. The molecule has 0 bridgehead atoms. The minimum atomic E-state index is -0.407. The lowest BCUT2D eigenvalue weighted by Crippen LogP contribution is -2.25. The fourth-order valence-corrected chi connectivity index (χ4v) is 8.91. The van der Waals surface area contributed by atoms with Gasteiger partial charge in [0.05, 0.1) is 16.6 Å². The molecule has 226 valence electrons. The summed E-state index contributed by atoms with van der Waals surface area (Å²) in [6, 6.07) is 61.8. The molecule has 0 saturated carbocycles. The highest BCUT2D eigenvalue weighted by Gasteiger charge is 2.52. The first-order chi connectivity index (χ1) is 24.3. The van der Waals surface area contributed by atoms with Gasteiger partial charge < -0.3 is 0 Å². The van der Waals surface area contributed by atoms with Crippen LogP contribution >= 0.6 is 0 Å². The van der Waals surface area contributed by atoms with Crippen molar-refractivity contribution in [2.75, 3.05) is 0 Å². The van der Waals surface area contributed by atoms with Crippen molar-refractivity contribution < 1.29 is 0 Å². The van der Waals surface area contributed by atoms with E-state index in [-0.39, 0.29) is 0 Å². The third-order valence-electron chi connectivity index (χ3n) is 10.9. The maximum Gasteiger partial charge on any atom is 0.161 e. The van der Waals surface area contributed by atoms with Crippen LogP contribution in [0.4, 0.5) is 0 Å². The van der Waals surface area contributed by atoms with Gasteiger partial charge in [-0.3, -0.25) is 0 Å². The molecule has 9 aromatic rings. The Hall–Kier alpha value is -6.38. The summed E-state index contributed by atoms with van der Waals surface area (Å²) in [4.78, 5) is 10.7. The van der Waals surface area contributed by atoms with Gasteiger partial charge in [-0.25, -0.2) is 9.97 Å². The standard InChI is InChI=1S/C47H28N2/c1-2-13-32-29(12-1)24-25-30-28-31(26-27-33(30)32)45-37-17-6-10-23-43(37)48-46(49-45)38-18-11-22-42-44(38)36-16-5-9-21-41(36)47(42)39-19-7-3-14-34(39)35-15-4-8-20-40(35)47/h1-28H. The van der Waals surface area contributed by atoms with Crippen LogP contribution in [0.1, 0.15) is 22.3 Å². The Labute approximate surface area is 284 Å². The molecule has 8 aromatic carbocycles. The SMILES string of the molecule is c1ccc2c(c1)-c1ccccc1C21c2ccccc2-c2c(-c3nc(-c4ccc5c(ccc6ccccc65)c4)c4ccccc4n3)cccc21. The van der Waals surface area contributed by atoms with E-state index in [0.29, 0.717) is 0 Å². The van der Waals surface area contributed by atoms with Crippen LogP contribution in [0.15, 0.2) is 170 Å². The molecule has 0 unspecified atom stereocenters.